The lowest BCUT2D eigenvalue weighted by Crippen LogP contribution is -2.51. The number of hydrogen-bond donors (Lipinski definition) is 1. The average Bonchev–Trinajstić information content (AvgIpc) is 2.72. The van der Waals surface area contributed by atoms with Crippen LogP contribution in [0.1, 0.15) is 34.3 Å². The Balaban J connectivity index is 1.39. The van der Waals surface area contributed by atoms with Crippen molar-refractivity contribution in [1.29, 1.82) is 0 Å². The summed E-state index contributed by atoms with van der Waals surface area (Å²) < 4.78 is 23.2. The van der Waals surface area contributed by atoms with Gasteiger partial charge >= 0.3 is 0 Å². The third kappa shape index (κ3) is 4.29. The number of piperidine rings is 1. The monoisotopic (exact) mass is 413 g/mol. The molecule has 1 fully saturated rings. The molecule has 29 heavy (non-hydrogen) atoms. The van der Waals surface area contributed by atoms with Crippen molar-refractivity contribution in [2.45, 2.75) is 42.7 Å². The van der Waals surface area contributed by atoms with E-state index in [1.807, 2.05) is 12.1 Å². The highest BCUT2D eigenvalue weighted by atomic mass is 32.2. The van der Waals surface area contributed by atoms with E-state index in [1.165, 1.54) is 23.3 Å². The van der Waals surface area contributed by atoms with Crippen molar-refractivity contribution in [2.75, 3.05) is 19.3 Å². The number of ketones is 1. The van der Waals surface area contributed by atoms with Gasteiger partial charge in [0.1, 0.15) is 0 Å². The fraction of sp³-hybridized carbons (Fsp3) is 0.435. The predicted octanol–water partition coefficient (Wildman–Crippen LogP) is 2.51. The first-order valence-corrected chi connectivity index (χ1v) is 12.1. The van der Waals surface area contributed by atoms with Crippen LogP contribution in [0.25, 0.3) is 0 Å². The molecular weight excluding hydrogens is 386 g/mol. The maximum atomic E-state index is 12.9. The van der Waals surface area contributed by atoms with Gasteiger partial charge in [0.15, 0.2) is 15.6 Å². The lowest BCUT2D eigenvalue weighted by Gasteiger charge is -2.41. The van der Waals surface area contributed by atoms with Crippen molar-refractivity contribution in [3.8, 4) is 0 Å². The highest BCUT2D eigenvalue weighted by molar-refractivity contribution is 7.90. The van der Waals surface area contributed by atoms with E-state index in [-0.39, 0.29) is 28.7 Å². The number of benzene rings is 2. The van der Waals surface area contributed by atoms with Crippen molar-refractivity contribution >= 4 is 15.6 Å². The van der Waals surface area contributed by atoms with E-state index in [0.29, 0.717) is 12.0 Å². The summed E-state index contributed by atoms with van der Waals surface area (Å²) in [6.07, 6.45) is 3.85. The molecule has 1 saturated heterocycles. The number of nitrogens with zero attached hydrogens (tertiary/aromatic N) is 1. The molecule has 1 heterocycles. The number of aliphatic hydroxyl groups excluding tert-OH is 1. The number of carbonyl (C=O) groups is 1. The summed E-state index contributed by atoms with van der Waals surface area (Å²) in [5.74, 6) is 0.0302. The third-order valence-corrected chi connectivity index (χ3v) is 7.49. The molecule has 0 bridgehead atoms. The van der Waals surface area contributed by atoms with Gasteiger partial charge in [0.05, 0.1) is 11.0 Å². The van der Waals surface area contributed by atoms with E-state index >= 15 is 0 Å². The van der Waals surface area contributed by atoms with Gasteiger partial charge in [-0.2, -0.15) is 0 Å². The molecule has 2 atom stereocenters. The van der Waals surface area contributed by atoms with Crippen LogP contribution in [0.4, 0.5) is 0 Å². The molecule has 1 N–H and O–H groups in total. The Labute approximate surface area is 172 Å². The molecule has 4 rings (SSSR count). The number of rotatable bonds is 4. The third-order valence-electron chi connectivity index (χ3n) is 6.36. The highest BCUT2D eigenvalue weighted by Gasteiger charge is 2.35. The first kappa shape index (κ1) is 20.3. The van der Waals surface area contributed by atoms with Crippen molar-refractivity contribution in [1.82, 2.24) is 4.90 Å². The SMILES string of the molecule is CS(=O)(=O)c1ccc(C(=O)C2CCN(C3Cc4ccccc4CC3O)CC2)cc1. The molecule has 1 aliphatic carbocycles. The number of Topliss-reactive ketones (excluding diaryl/α,β-unsaturated/α-hetero) is 1. The first-order chi connectivity index (χ1) is 13.8. The van der Waals surface area contributed by atoms with Crippen LogP contribution < -0.4 is 0 Å². The fourth-order valence-electron chi connectivity index (χ4n) is 4.65. The van der Waals surface area contributed by atoms with Gasteiger partial charge in [-0.1, -0.05) is 36.4 Å². The summed E-state index contributed by atoms with van der Waals surface area (Å²) in [7, 11) is -3.26. The molecule has 0 amide bonds. The molecule has 154 valence electrons. The number of aliphatic hydroxyl groups is 1. The largest absolute Gasteiger partial charge is 0.391 e. The maximum absolute atomic E-state index is 12.9. The van der Waals surface area contributed by atoms with Crippen LogP contribution in [0, 0.1) is 5.92 Å². The molecule has 2 aromatic carbocycles. The maximum Gasteiger partial charge on any atom is 0.175 e. The minimum atomic E-state index is -3.26. The Morgan fingerprint density at radius 1 is 0.966 bits per heavy atom. The Morgan fingerprint density at radius 2 is 1.55 bits per heavy atom. The summed E-state index contributed by atoms with van der Waals surface area (Å²) >= 11 is 0. The van der Waals surface area contributed by atoms with E-state index in [4.69, 9.17) is 0 Å². The molecule has 2 aromatic rings. The fourth-order valence-corrected chi connectivity index (χ4v) is 5.28. The van der Waals surface area contributed by atoms with Crippen LogP contribution in [0.15, 0.2) is 53.4 Å². The van der Waals surface area contributed by atoms with Crippen molar-refractivity contribution in [2.24, 2.45) is 5.92 Å². The average molecular weight is 414 g/mol. The topological polar surface area (TPSA) is 74.7 Å². The number of hydrogen-bond acceptors (Lipinski definition) is 5. The second-order valence-electron chi connectivity index (χ2n) is 8.28. The molecule has 0 aromatic heterocycles. The van der Waals surface area contributed by atoms with Gasteiger partial charge in [-0.05, 0) is 55.6 Å². The predicted molar refractivity (Wildman–Crippen MR) is 112 cm³/mol. The molecule has 2 unspecified atom stereocenters. The van der Waals surface area contributed by atoms with Gasteiger partial charge in [0, 0.05) is 30.2 Å². The first-order valence-electron chi connectivity index (χ1n) is 10.2. The Morgan fingerprint density at radius 3 is 2.14 bits per heavy atom. The molecule has 2 aliphatic rings. The standard InChI is InChI=1S/C23H27NO4S/c1-29(27,28)20-8-6-16(7-9-20)23(26)17-10-12-24(13-11-17)21-14-18-4-2-3-5-19(18)15-22(21)25/h2-9,17,21-22,25H,10-15H2,1H3. The zero-order chi connectivity index (χ0) is 20.6. The van der Waals surface area contributed by atoms with Crippen LogP contribution in [0.5, 0.6) is 0 Å². The summed E-state index contributed by atoms with van der Waals surface area (Å²) in [5.41, 5.74) is 3.12. The van der Waals surface area contributed by atoms with Gasteiger partial charge in [-0.3, -0.25) is 9.69 Å². The molecule has 6 heteroatoms. The molecule has 5 nitrogen and oxygen atoms in total. The lowest BCUT2D eigenvalue weighted by molar-refractivity contribution is 0.0239. The molecule has 0 spiro atoms. The molecule has 1 aliphatic heterocycles. The number of likely N-dealkylation sites (tertiary alicyclic amines) is 1. The van der Waals surface area contributed by atoms with Gasteiger partial charge in [0.2, 0.25) is 0 Å². The quantitative estimate of drug-likeness (QED) is 0.780. The zero-order valence-corrected chi connectivity index (χ0v) is 17.4. The van der Waals surface area contributed by atoms with Crippen LogP contribution in [0.2, 0.25) is 0 Å². The van der Waals surface area contributed by atoms with Crippen molar-refractivity contribution in [3.63, 3.8) is 0 Å². The minimum absolute atomic E-state index is 0.0525. The van der Waals surface area contributed by atoms with E-state index in [1.54, 1.807) is 12.1 Å². The van der Waals surface area contributed by atoms with Crippen molar-refractivity contribution < 1.29 is 18.3 Å². The van der Waals surface area contributed by atoms with Crippen LogP contribution >= 0.6 is 0 Å². The highest BCUT2D eigenvalue weighted by Crippen LogP contribution is 2.29. The second kappa shape index (κ2) is 8.01. The summed E-state index contributed by atoms with van der Waals surface area (Å²) in [6, 6.07) is 14.7. The Hall–Kier alpha value is -2.02. The molecule has 0 saturated carbocycles. The lowest BCUT2D eigenvalue weighted by atomic mass is 9.83. The Kier molecular flexibility index (Phi) is 5.60. The Bertz CT molecular complexity index is 992. The van der Waals surface area contributed by atoms with E-state index in [9.17, 15) is 18.3 Å². The van der Waals surface area contributed by atoms with Crippen LogP contribution in [-0.2, 0) is 22.7 Å². The summed E-state index contributed by atoms with van der Waals surface area (Å²) in [4.78, 5) is 15.4. The van der Waals surface area contributed by atoms with Gasteiger partial charge in [-0.15, -0.1) is 0 Å². The van der Waals surface area contributed by atoms with E-state index in [0.717, 1.165) is 38.6 Å². The molecule has 0 radical (unpaired) electrons. The number of sulfone groups is 1. The van der Waals surface area contributed by atoms with Crippen LogP contribution in [-0.4, -0.2) is 55.7 Å². The van der Waals surface area contributed by atoms with Gasteiger partial charge in [0.25, 0.3) is 0 Å². The second-order valence-corrected chi connectivity index (χ2v) is 10.3. The normalized spacial score (nSPS) is 23.5. The van der Waals surface area contributed by atoms with Crippen molar-refractivity contribution in [3.05, 3.63) is 65.2 Å². The number of fused-ring (bicyclic) bond motifs is 1. The summed E-state index contributed by atoms with van der Waals surface area (Å²) in [5, 5.41) is 10.7. The zero-order valence-electron chi connectivity index (χ0n) is 16.6. The van der Waals surface area contributed by atoms with Gasteiger partial charge < -0.3 is 5.11 Å². The van der Waals surface area contributed by atoms with Gasteiger partial charge in [-0.25, -0.2) is 8.42 Å². The smallest absolute Gasteiger partial charge is 0.175 e. The van der Waals surface area contributed by atoms with E-state index < -0.39 is 9.84 Å². The number of carbonyl (C=O) groups excluding carboxylic acids is 1. The van der Waals surface area contributed by atoms with E-state index in [2.05, 4.69) is 17.0 Å². The molecular formula is C23H27NO4S. The summed E-state index contributed by atoms with van der Waals surface area (Å²) in [6.45, 7) is 1.59. The minimum Gasteiger partial charge on any atom is -0.391 e. The van der Waals surface area contributed by atoms with Crippen LogP contribution in [0.3, 0.4) is 0 Å².